The summed E-state index contributed by atoms with van der Waals surface area (Å²) in [5, 5.41) is 9.94. The molecule has 4 aromatic rings. The van der Waals surface area contributed by atoms with Gasteiger partial charge in [-0.15, -0.1) is 0 Å². The van der Waals surface area contributed by atoms with Crippen LogP contribution in [0.25, 0.3) is 22.6 Å². The Labute approximate surface area is 178 Å². The molecule has 0 radical (unpaired) electrons. The highest BCUT2D eigenvalue weighted by atomic mass is 35.5. The molecule has 1 aromatic heterocycles. The van der Waals surface area contributed by atoms with E-state index >= 15 is 0 Å². The molecule has 9 heteroatoms. The molecular weight excluding hydrogens is 435 g/mol. The van der Waals surface area contributed by atoms with Crippen LogP contribution in [0.2, 0.25) is 5.02 Å². The molecule has 0 bridgehead atoms. The van der Waals surface area contributed by atoms with E-state index in [0.29, 0.717) is 16.1 Å². The summed E-state index contributed by atoms with van der Waals surface area (Å²) in [6.07, 6.45) is -6.14. The van der Waals surface area contributed by atoms with Crippen LogP contribution in [-0.2, 0) is 11.0 Å². The summed E-state index contributed by atoms with van der Waals surface area (Å²) >= 11 is 5.94. The molecule has 5 nitrogen and oxygen atoms in total. The van der Waals surface area contributed by atoms with Gasteiger partial charge in [-0.25, -0.2) is 9.78 Å². The molecule has 1 atom stereocenters. The predicted octanol–water partition coefficient (Wildman–Crippen LogP) is 6.37. The molecule has 3 aromatic carbocycles. The molecule has 1 unspecified atom stereocenters. The number of oxazole rings is 1. The molecule has 4 rings (SSSR count). The second kappa shape index (κ2) is 7.96. The van der Waals surface area contributed by atoms with E-state index in [9.17, 15) is 23.1 Å². The van der Waals surface area contributed by atoms with Crippen molar-refractivity contribution in [2.45, 2.75) is 12.3 Å². The molecule has 0 saturated heterocycles. The number of fused-ring (bicyclic) bond motifs is 1. The van der Waals surface area contributed by atoms with E-state index < -0.39 is 23.8 Å². The maximum Gasteiger partial charge on any atom is 0.416 e. The number of halogens is 4. The number of benzene rings is 3. The number of hydrogen-bond donors (Lipinski definition) is 1. The van der Waals surface area contributed by atoms with Gasteiger partial charge in [0.1, 0.15) is 11.3 Å². The lowest BCUT2D eigenvalue weighted by Gasteiger charge is -2.18. The Morgan fingerprint density at radius 3 is 2.52 bits per heavy atom. The van der Waals surface area contributed by atoms with E-state index in [1.165, 1.54) is 12.1 Å². The Bertz CT molecular complexity index is 1240. The molecule has 1 heterocycles. The summed E-state index contributed by atoms with van der Waals surface area (Å²) in [5.74, 6) is -1.60. The minimum absolute atomic E-state index is 0.126. The van der Waals surface area contributed by atoms with E-state index in [0.717, 1.165) is 18.2 Å². The zero-order valence-electron chi connectivity index (χ0n) is 15.6. The molecule has 158 valence electrons. The van der Waals surface area contributed by atoms with Crippen molar-refractivity contribution in [1.82, 2.24) is 4.98 Å². The van der Waals surface area contributed by atoms with Crippen molar-refractivity contribution in [3.8, 4) is 17.2 Å². The average molecular weight is 448 g/mol. The second-order valence-corrected chi connectivity index (χ2v) is 7.02. The van der Waals surface area contributed by atoms with Crippen LogP contribution >= 0.6 is 11.6 Å². The van der Waals surface area contributed by atoms with Gasteiger partial charge in [-0.05, 0) is 42.5 Å². The summed E-state index contributed by atoms with van der Waals surface area (Å²) < 4.78 is 51.2. The normalized spacial score (nSPS) is 12.6. The second-order valence-electron chi connectivity index (χ2n) is 6.59. The average Bonchev–Trinajstić information content (AvgIpc) is 3.15. The van der Waals surface area contributed by atoms with Crippen molar-refractivity contribution < 1.29 is 32.2 Å². The van der Waals surface area contributed by atoms with Gasteiger partial charge in [0.05, 0.1) is 11.1 Å². The van der Waals surface area contributed by atoms with Gasteiger partial charge in [0, 0.05) is 10.6 Å². The number of carboxylic acid groups (broad SMARTS) is 1. The van der Waals surface area contributed by atoms with Gasteiger partial charge in [-0.1, -0.05) is 35.9 Å². The van der Waals surface area contributed by atoms with Crippen molar-refractivity contribution in [2.75, 3.05) is 0 Å². The molecule has 0 fully saturated rings. The van der Waals surface area contributed by atoms with Crippen LogP contribution in [-0.4, -0.2) is 16.1 Å². The summed E-state index contributed by atoms with van der Waals surface area (Å²) in [6, 6.07) is 15.3. The van der Waals surface area contributed by atoms with Crippen LogP contribution in [0.4, 0.5) is 13.2 Å². The Morgan fingerprint density at radius 2 is 1.84 bits per heavy atom. The first kappa shape index (κ1) is 20.7. The number of hydrogen-bond acceptors (Lipinski definition) is 4. The first-order valence-electron chi connectivity index (χ1n) is 8.94. The zero-order chi connectivity index (χ0) is 22.2. The molecule has 0 spiro atoms. The Kier molecular flexibility index (Phi) is 5.32. The third kappa shape index (κ3) is 4.34. The molecule has 0 amide bonds. The maximum atomic E-state index is 13.3. The molecule has 0 saturated carbocycles. The van der Waals surface area contributed by atoms with E-state index in [1.54, 1.807) is 36.4 Å². The first-order valence-corrected chi connectivity index (χ1v) is 9.32. The van der Waals surface area contributed by atoms with Crippen molar-refractivity contribution >= 4 is 28.7 Å². The fourth-order valence-corrected chi connectivity index (χ4v) is 3.22. The third-order valence-electron chi connectivity index (χ3n) is 4.45. The fourth-order valence-electron chi connectivity index (χ4n) is 3.02. The maximum absolute atomic E-state index is 13.3. The highest BCUT2D eigenvalue weighted by molar-refractivity contribution is 6.30. The van der Waals surface area contributed by atoms with Gasteiger partial charge in [0.25, 0.3) is 0 Å². The molecule has 31 heavy (non-hydrogen) atoms. The van der Waals surface area contributed by atoms with Gasteiger partial charge in [0.2, 0.25) is 12.0 Å². The van der Waals surface area contributed by atoms with Crippen LogP contribution in [0.15, 0.2) is 71.1 Å². The Hall–Kier alpha value is -3.52. The van der Waals surface area contributed by atoms with Crippen molar-refractivity contribution in [2.24, 2.45) is 0 Å². The molecule has 0 aliphatic rings. The van der Waals surface area contributed by atoms with E-state index in [1.807, 2.05) is 0 Å². The lowest BCUT2D eigenvalue weighted by molar-refractivity contribution is -0.145. The number of aromatic nitrogens is 1. The summed E-state index contributed by atoms with van der Waals surface area (Å²) in [4.78, 5) is 16.1. The minimum Gasteiger partial charge on any atom is -0.478 e. The van der Waals surface area contributed by atoms with Crippen LogP contribution in [0.1, 0.15) is 17.2 Å². The largest absolute Gasteiger partial charge is 0.478 e. The number of aliphatic carboxylic acids is 1. The third-order valence-corrected chi connectivity index (χ3v) is 4.69. The van der Waals surface area contributed by atoms with Gasteiger partial charge in [-0.3, -0.25) is 0 Å². The smallest absolute Gasteiger partial charge is 0.416 e. The monoisotopic (exact) mass is 447 g/mol. The van der Waals surface area contributed by atoms with Gasteiger partial charge in [0.15, 0.2) is 5.58 Å². The number of rotatable bonds is 5. The van der Waals surface area contributed by atoms with Crippen molar-refractivity contribution in [3.05, 3.63) is 82.9 Å². The standard InChI is InChI=1S/C22H13ClF3NO4/c23-14-5-3-4-12(10-14)19(21(28)29)30-17-9-8-13(22(24,25)26)11-15(17)20-27-16-6-1-2-7-18(16)31-20/h1-11,19H,(H,28,29). The van der Waals surface area contributed by atoms with Crippen molar-refractivity contribution in [3.63, 3.8) is 0 Å². The minimum atomic E-state index is -4.63. The SMILES string of the molecule is O=C(O)C(Oc1ccc(C(F)(F)F)cc1-c1nc2ccccc2o1)c1cccc(Cl)c1. The summed E-state index contributed by atoms with van der Waals surface area (Å²) in [6.45, 7) is 0. The summed E-state index contributed by atoms with van der Waals surface area (Å²) in [5.41, 5.74) is -0.0505. The number of para-hydroxylation sites is 2. The lowest BCUT2D eigenvalue weighted by Crippen LogP contribution is -2.18. The predicted molar refractivity (Wildman–Crippen MR) is 107 cm³/mol. The van der Waals surface area contributed by atoms with Crippen LogP contribution in [0.3, 0.4) is 0 Å². The zero-order valence-corrected chi connectivity index (χ0v) is 16.3. The number of carbonyl (C=O) groups is 1. The molecule has 0 aliphatic heterocycles. The summed E-state index contributed by atoms with van der Waals surface area (Å²) in [7, 11) is 0. The van der Waals surface area contributed by atoms with E-state index in [-0.39, 0.29) is 22.8 Å². The number of carboxylic acids is 1. The fraction of sp³-hybridized carbons (Fsp3) is 0.0909. The highest BCUT2D eigenvalue weighted by Crippen LogP contribution is 2.39. The topological polar surface area (TPSA) is 72.6 Å². The number of alkyl halides is 3. The van der Waals surface area contributed by atoms with Gasteiger partial charge < -0.3 is 14.3 Å². The Balaban J connectivity index is 1.83. The van der Waals surface area contributed by atoms with Gasteiger partial charge in [-0.2, -0.15) is 13.2 Å². The van der Waals surface area contributed by atoms with E-state index in [2.05, 4.69) is 4.98 Å². The van der Waals surface area contributed by atoms with Crippen molar-refractivity contribution in [1.29, 1.82) is 0 Å². The first-order chi connectivity index (χ1) is 14.7. The molecule has 0 aliphatic carbocycles. The van der Waals surface area contributed by atoms with Crippen LogP contribution in [0, 0.1) is 0 Å². The number of nitrogens with zero attached hydrogens (tertiary/aromatic N) is 1. The lowest BCUT2D eigenvalue weighted by atomic mass is 10.1. The molecule has 1 N–H and O–H groups in total. The molecular formula is C22H13ClF3NO4. The highest BCUT2D eigenvalue weighted by Gasteiger charge is 2.33. The Morgan fingerprint density at radius 1 is 1.06 bits per heavy atom. The van der Waals surface area contributed by atoms with E-state index in [4.69, 9.17) is 20.8 Å². The van der Waals surface area contributed by atoms with Crippen LogP contribution in [0.5, 0.6) is 5.75 Å². The number of ether oxygens (including phenoxy) is 1. The van der Waals surface area contributed by atoms with Gasteiger partial charge >= 0.3 is 12.1 Å². The quantitative estimate of drug-likeness (QED) is 0.384. The van der Waals surface area contributed by atoms with Crippen LogP contribution < -0.4 is 4.74 Å².